The molecule has 3 heterocycles. The van der Waals surface area contributed by atoms with E-state index in [2.05, 4.69) is 16.2 Å². The second kappa shape index (κ2) is 5.37. The van der Waals surface area contributed by atoms with Gasteiger partial charge in [0.1, 0.15) is 0 Å². The van der Waals surface area contributed by atoms with E-state index in [4.69, 9.17) is 0 Å². The van der Waals surface area contributed by atoms with Crippen LogP contribution in [0.25, 0.3) is 0 Å². The zero-order valence-corrected chi connectivity index (χ0v) is 13.6. The number of hydrogen-bond donors (Lipinski definition) is 0. The van der Waals surface area contributed by atoms with E-state index < -0.39 is 10.0 Å². The van der Waals surface area contributed by atoms with Crippen LogP contribution in [-0.4, -0.2) is 58.8 Å². The highest BCUT2D eigenvalue weighted by Gasteiger charge is 2.44. The van der Waals surface area contributed by atoms with Crippen LogP contribution in [0, 0.1) is 0 Å². The summed E-state index contributed by atoms with van der Waals surface area (Å²) in [4.78, 5) is 2.55. The molecule has 1 aromatic heterocycles. The molecule has 2 saturated heterocycles. The van der Waals surface area contributed by atoms with Crippen LogP contribution in [0.1, 0.15) is 31.2 Å². The highest BCUT2D eigenvalue weighted by Crippen LogP contribution is 2.39. The summed E-state index contributed by atoms with van der Waals surface area (Å²) in [6.45, 7) is 3.34. The van der Waals surface area contributed by atoms with Crippen LogP contribution in [-0.2, 0) is 23.6 Å². The van der Waals surface area contributed by atoms with Crippen LogP contribution >= 0.6 is 0 Å². The number of nitrogens with zero attached hydrogens (tertiary/aromatic N) is 4. The summed E-state index contributed by atoms with van der Waals surface area (Å²) < 4.78 is 26.8. The first kappa shape index (κ1) is 15.0. The number of piperidine rings is 1. The van der Waals surface area contributed by atoms with Gasteiger partial charge in [0.25, 0.3) is 0 Å². The van der Waals surface area contributed by atoms with Crippen LogP contribution < -0.4 is 0 Å². The normalized spacial score (nSPS) is 23.9. The molecule has 0 N–H and O–H groups in total. The number of likely N-dealkylation sites (tertiary alicyclic amines) is 1. The van der Waals surface area contributed by atoms with Crippen LogP contribution in [0.3, 0.4) is 0 Å². The van der Waals surface area contributed by atoms with Crippen molar-refractivity contribution in [2.75, 3.05) is 25.9 Å². The Labute approximate surface area is 126 Å². The minimum Gasteiger partial charge on any atom is -0.293 e. The lowest BCUT2D eigenvalue weighted by Gasteiger charge is -2.44. The maximum Gasteiger partial charge on any atom is 0.211 e. The molecular formula is C14H24N4O2S. The second-order valence-electron chi connectivity index (χ2n) is 6.43. The molecule has 0 aromatic carbocycles. The van der Waals surface area contributed by atoms with Crippen molar-refractivity contribution in [2.45, 2.75) is 37.8 Å². The van der Waals surface area contributed by atoms with Crippen molar-refractivity contribution in [1.29, 1.82) is 0 Å². The Bertz CT molecular complexity index is 602. The van der Waals surface area contributed by atoms with Gasteiger partial charge in [-0.15, -0.1) is 0 Å². The largest absolute Gasteiger partial charge is 0.293 e. The maximum atomic E-state index is 11.7. The van der Waals surface area contributed by atoms with Gasteiger partial charge in [-0.25, -0.2) is 12.7 Å². The van der Waals surface area contributed by atoms with Gasteiger partial charge in [0.15, 0.2) is 0 Å². The topological polar surface area (TPSA) is 58.4 Å². The minimum absolute atomic E-state index is 0.191. The van der Waals surface area contributed by atoms with Gasteiger partial charge in [0, 0.05) is 44.0 Å². The molecule has 0 atom stereocenters. The number of aryl methyl sites for hydroxylation is 1. The molecule has 2 fully saturated rings. The van der Waals surface area contributed by atoms with Crippen molar-refractivity contribution < 1.29 is 8.42 Å². The van der Waals surface area contributed by atoms with Gasteiger partial charge in [-0.2, -0.15) is 5.10 Å². The molecule has 1 aromatic rings. The van der Waals surface area contributed by atoms with Crippen molar-refractivity contribution in [2.24, 2.45) is 7.05 Å². The van der Waals surface area contributed by atoms with E-state index in [1.807, 2.05) is 17.9 Å². The molecular weight excluding hydrogens is 288 g/mol. The molecule has 0 saturated carbocycles. The van der Waals surface area contributed by atoms with Crippen molar-refractivity contribution in [3.63, 3.8) is 0 Å². The smallest absolute Gasteiger partial charge is 0.211 e. The summed E-state index contributed by atoms with van der Waals surface area (Å²) in [5.74, 6) is 0. The Hall–Kier alpha value is -0.920. The van der Waals surface area contributed by atoms with E-state index in [-0.39, 0.29) is 5.54 Å². The first-order chi connectivity index (χ1) is 9.89. The molecule has 0 aliphatic carbocycles. The third kappa shape index (κ3) is 3.00. The Morgan fingerprint density at radius 3 is 2.52 bits per heavy atom. The van der Waals surface area contributed by atoms with Crippen LogP contribution in [0.5, 0.6) is 0 Å². The summed E-state index contributed by atoms with van der Waals surface area (Å²) >= 11 is 0. The monoisotopic (exact) mass is 312 g/mol. The maximum absolute atomic E-state index is 11.7. The molecule has 0 amide bonds. The molecule has 3 rings (SSSR count). The van der Waals surface area contributed by atoms with E-state index in [1.54, 1.807) is 4.31 Å². The van der Waals surface area contributed by atoms with E-state index >= 15 is 0 Å². The summed E-state index contributed by atoms with van der Waals surface area (Å²) in [6, 6.07) is 0. The van der Waals surface area contributed by atoms with Gasteiger partial charge in [-0.1, -0.05) is 0 Å². The molecule has 0 unspecified atom stereocenters. The summed E-state index contributed by atoms with van der Waals surface area (Å²) in [5, 5.41) is 4.24. The molecule has 21 heavy (non-hydrogen) atoms. The highest BCUT2D eigenvalue weighted by molar-refractivity contribution is 7.88. The molecule has 0 bridgehead atoms. The van der Waals surface area contributed by atoms with E-state index in [0.29, 0.717) is 13.1 Å². The molecule has 6 nitrogen and oxygen atoms in total. The first-order valence-electron chi connectivity index (χ1n) is 7.57. The highest BCUT2D eigenvalue weighted by atomic mass is 32.2. The molecule has 118 valence electrons. The zero-order valence-electron chi connectivity index (χ0n) is 12.8. The SMILES string of the molecule is Cn1cc(CN2CCCC23CCN(S(C)(=O)=O)CC3)cn1. The lowest BCUT2D eigenvalue weighted by Crippen LogP contribution is -2.52. The van der Waals surface area contributed by atoms with E-state index in [9.17, 15) is 8.42 Å². The average molecular weight is 312 g/mol. The molecule has 2 aliphatic rings. The molecule has 7 heteroatoms. The lowest BCUT2D eigenvalue weighted by atomic mass is 9.85. The lowest BCUT2D eigenvalue weighted by molar-refractivity contribution is 0.0722. The Balaban J connectivity index is 1.69. The number of hydrogen-bond acceptors (Lipinski definition) is 4. The van der Waals surface area contributed by atoms with Crippen molar-refractivity contribution in [1.82, 2.24) is 19.0 Å². The Morgan fingerprint density at radius 2 is 1.95 bits per heavy atom. The van der Waals surface area contributed by atoms with E-state index in [0.717, 1.165) is 25.9 Å². The first-order valence-corrected chi connectivity index (χ1v) is 9.42. The average Bonchev–Trinajstić information content (AvgIpc) is 2.98. The van der Waals surface area contributed by atoms with Crippen LogP contribution in [0.2, 0.25) is 0 Å². The number of rotatable bonds is 3. The number of sulfonamides is 1. The third-order valence-electron chi connectivity index (χ3n) is 4.99. The van der Waals surface area contributed by atoms with Gasteiger partial charge >= 0.3 is 0 Å². The molecule has 1 spiro atoms. The van der Waals surface area contributed by atoms with Gasteiger partial charge in [-0.3, -0.25) is 9.58 Å². The predicted octanol–water partition coefficient (Wildman–Crippen LogP) is 0.810. The molecule has 2 aliphatic heterocycles. The van der Waals surface area contributed by atoms with Gasteiger partial charge in [0.2, 0.25) is 10.0 Å². The fraction of sp³-hybridized carbons (Fsp3) is 0.786. The Kier molecular flexibility index (Phi) is 3.83. The summed E-state index contributed by atoms with van der Waals surface area (Å²) in [5.41, 5.74) is 1.43. The zero-order chi connectivity index (χ0) is 15.1. The van der Waals surface area contributed by atoms with E-state index in [1.165, 1.54) is 24.7 Å². The quantitative estimate of drug-likeness (QED) is 0.829. The fourth-order valence-electron chi connectivity index (χ4n) is 3.82. The standard InChI is InChI=1S/C14H24N4O2S/c1-16-11-13(10-15-16)12-17-7-3-4-14(17)5-8-18(9-6-14)21(2,19)20/h10-11H,3-9,12H2,1-2H3. The summed E-state index contributed by atoms with van der Waals surface area (Å²) in [6.07, 6.45) is 9.59. The van der Waals surface area contributed by atoms with Gasteiger partial charge < -0.3 is 0 Å². The molecule has 0 radical (unpaired) electrons. The number of aromatic nitrogens is 2. The Morgan fingerprint density at radius 1 is 1.24 bits per heavy atom. The van der Waals surface area contributed by atoms with Gasteiger partial charge in [-0.05, 0) is 32.2 Å². The van der Waals surface area contributed by atoms with Crippen LogP contribution in [0.4, 0.5) is 0 Å². The minimum atomic E-state index is -3.04. The summed E-state index contributed by atoms with van der Waals surface area (Å²) in [7, 11) is -1.11. The van der Waals surface area contributed by atoms with Crippen LogP contribution in [0.15, 0.2) is 12.4 Å². The van der Waals surface area contributed by atoms with Crippen molar-refractivity contribution in [3.8, 4) is 0 Å². The van der Waals surface area contributed by atoms with Crippen molar-refractivity contribution >= 4 is 10.0 Å². The van der Waals surface area contributed by atoms with Gasteiger partial charge in [0.05, 0.1) is 12.5 Å². The fourth-order valence-corrected chi connectivity index (χ4v) is 4.66. The predicted molar refractivity (Wildman–Crippen MR) is 81.2 cm³/mol. The third-order valence-corrected chi connectivity index (χ3v) is 6.30. The second-order valence-corrected chi connectivity index (χ2v) is 8.42. The van der Waals surface area contributed by atoms with Crippen molar-refractivity contribution in [3.05, 3.63) is 18.0 Å².